The fraction of sp³-hybridized carbons (Fsp3) is 0.672. The first-order valence-electron chi connectivity index (χ1n) is 30.4. The maximum Gasteiger partial charge on any atom is 0.338 e. The van der Waals surface area contributed by atoms with E-state index in [0.717, 1.165) is 36.5 Å². The third kappa shape index (κ3) is 12.1. The third-order valence-electron chi connectivity index (χ3n) is 20.7. The predicted molar refractivity (Wildman–Crippen MR) is 322 cm³/mol. The molecule has 0 radical (unpaired) electrons. The molecule has 8 rings (SSSR count). The first kappa shape index (κ1) is 64.5. The summed E-state index contributed by atoms with van der Waals surface area (Å²) in [5.74, 6) is -4.05. The van der Waals surface area contributed by atoms with E-state index in [1.807, 2.05) is 83.3 Å². The zero-order valence-electron chi connectivity index (χ0n) is 51.7. The summed E-state index contributed by atoms with van der Waals surface area (Å²) in [5.41, 5.74) is -4.19. The molecule has 0 spiro atoms. The van der Waals surface area contributed by atoms with Crippen molar-refractivity contribution >= 4 is 54.6 Å². The lowest BCUT2D eigenvalue weighted by atomic mass is 9.44. The number of allylic oxidation sites excluding steroid dienone is 2. The van der Waals surface area contributed by atoms with E-state index in [9.17, 15) is 14.7 Å². The van der Waals surface area contributed by atoms with E-state index < -0.39 is 113 Å². The minimum Gasteiger partial charge on any atom is -0.456 e. The molecule has 1 saturated heterocycles. The number of rotatable bonds is 14. The van der Waals surface area contributed by atoms with Crippen LogP contribution in [0.2, 0.25) is 54.4 Å². The van der Waals surface area contributed by atoms with Gasteiger partial charge in [-0.15, -0.1) is 0 Å². The van der Waals surface area contributed by atoms with E-state index in [2.05, 4.69) is 79.8 Å². The monoisotopic (exact) mass is 1170 g/mol. The second kappa shape index (κ2) is 24.9. The topological polar surface area (TPSA) is 182 Å². The summed E-state index contributed by atoms with van der Waals surface area (Å²) in [6.45, 7) is 31.6. The Hall–Kier alpha value is -4.08. The number of nitrogens with one attached hydrogen (secondary N) is 1. The van der Waals surface area contributed by atoms with Crippen LogP contribution in [-0.4, -0.2) is 114 Å². The molecule has 3 aliphatic heterocycles. The highest BCUT2D eigenvalue weighted by Gasteiger charge is 2.79. The lowest BCUT2D eigenvalue weighted by Crippen LogP contribution is -2.82. The summed E-state index contributed by atoms with van der Waals surface area (Å²) in [7, 11) is -8.32. The number of esters is 3. The van der Waals surface area contributed by atoms with Crippen molar-refractivity contribution < 1.29 is 61.3 Å². The number of aliphatic hydroxyl groups is 1. The summed E-state index contributed by atoms with van der Waals surface area (Å²) in [5, 5.41) is 17.7. The molecule has 11 atom stereocenters. The van der Waals surface area contributed by atoms with E-state index in [-0.39, 0.29) is 48.2 Å². The molecule has 2 N–H and O–H groups in total. The molecule has 3 heterocycles. The molecule has 81 heavy (non-hydrogen) atoms. The standard InChI is InChI=1S/C64H97NO13Si3/c1-17-80(18-2,19-3)76-48-39-49-63(41-72-49,75-43(8)66)55-57-64(71)40-47(42(7)51(61(64,12)13)53(56(68)62(48,55)14)78-81(20-4,21-5)22-6)73-59(70)54(77-79(15,16)60(9,10)11)52(45-32-28-26-29-33-45)65-50(67)34-30-25-23-24-27-31-44-35-37-46(38-36-44)58(69)74-57/h24,26-29,32-33,35-38,47-49,52-55,57,71H,17-23,25,30-31,34,39-41H2,1-16H3,(H,65,67)/b27-24-. The second-order valence-electron chi connectivity index (χ2n) is 26.3. The summed E-state index contributed by atoms with van der Waals surface area (Å²) in [6, 6.07) is 19.8. The number of fused-ring (bicyclic) bond motifs is 18. The van der Waals surface area contributed by atoms with Gasteiger partial charge in [0.25, 0.3) is 0 Å². The lowest BCUT2D eigenvalue weighted by molar-refractivity contribution is -0.344. The van der Waals surface area contributed by atoms with Crippen molar-refractivity contribution in [3.05, 3.63) is 94.6 Å². The van der Waals surface area contributed by atoms with Gasteiger partial charge in [-0.2, -0.15) is 0 Å². The highest BCUT2D eigenvalue weighted by atomic mass is 28.4. The number of benzene rings is 2. The molecule has 6 aliphatic rings. The van der Waals surface area contributed by atoms with Gasteiger partial charge in [-0.3, -0.25) is 14.4 Å². The van der Waals surface area contributed by atoms with E-state index in [0.29, 0.717) is 47.7 Å². The Bertz CT molecular complexity index is 2640. The van der Waals surface area contributed by atoms with E-state index in [1.165, 1.54) is 6.92 Å². The molecule has 14 nitrogen and oxygen atoms in total. The smallest absolute Gasteiger partial charge is 0.338 e. The number of ketones is 1. The van der Waals surface area contributed by atoms with Crippen molar-refractivity contribution in [2.45, 2.75) is 250 Å². The molecule has 1 amide bonds. The van der Waals surface area contributed by atoms with Crippen LogP contribution in [0.25, 0.3) is 0 Å². The van der Waals surface area contributed by atoms with Gasteiger partial charge >= 0.3 is 17.9 Å². The SMILES string of the molecule is CC[Si](CC)(CC)OC1C(=O)C2(C)C(O[Si](CC)(CC)CC)CC3OCC3(OC(C)=O)C2C2OC(=O)c3ccc(cc3)C/C=C\CCCCC(=O)NC(c3ccccc3)C(O[Si](C)(C)C(C)(C)C)C(=O)OC3CC2(O)C(C)(C)C1=C3C. The maximum atomic E-state index is 17.3. The lowest BCUT2D eigenvalue weighted by Gasteiger charge is -2.68. The fourth-order valence-electron chi connectivity index (χ4n) is 13.8. The Balaban J connectivity index is 1.57. The Morgan fingerprint density at radius 3 is 1.96 bits per heavy atom. The first-order valence-corrected chi connectivity index (χ1v) is 38.3. The number of hydrogen-bond acceptors (Lipinski definition) is 13. The van der Waals surface area contributed by atoms with Gasteiger partial charge < -0.3 is 42.6 Å². The molecule has 2 saturated carbocycles. The van der Waals surface area contributed by atoms with E-state index >= 15 is 14.4 Å². The molecule has 5 bridgehead atoms. The number of carbonyl (C=O) groups is 5. The summed E-state index contributed by atoms with van der Waals surface area (Å²) >= 11 is 0. The first-order chi connectivity index (χ1) is 38.0. The van der Waals surface area contributed by atoms with Crippen molar-refractivity contribution in [3.63, 3.8) is 0 Å². The Morgan fingerprint density at radius 2 is 1.41 bits per heavy atom. The minimum atomic E-state index is -2.88. The van der Waals surface area contributed by atoms with Crippen LogP contribution < -0.4 is 5.32 Å². The zero-order chi connectivity index (χ0) is 59.7. The average molecular weight is 1170 g/mol. The van der Waals surface area contributed by atoms with Crippen LogP contribution in [0, 0.1) is 16.7 Å². The maximum absolute atomic E-state index is 17.3. The summed E-state index contributed by atoms with van der Waals surface area (Å²) in [6.07, 6.45) is -0.308. The second-order valence-corrected chi connectivity index (χ2v) is 40.5. The van der Waals surface area contributed by atoms with Crippen molar-refractivity contribution in [2.24, 2.45) is 16.7 Å². The van der Waals surface area contributed by atoms with E-state index in [1.54, 1.807) is 12.1 Å². The van der Waals surface area contributed by atoms with Crippen molar-refractivity contribution in [2.75, 3.05) is 6.61 Å². The number of ether oxygens (including phenoxy) is 4. The Morgan fingerprint density at radius 1 is 0.802 bits per heavy atom. The predicted octanol–water partition coefficient (Wildman–Crippen LogP) is 12.6. The van der Waals surface area contributed by atoms with Gasteiger partial charge in [-0.1, -0.05) is 131 Å². The van der Waals surface area contributed by atoms with Crippen LogP contribution in [0.5, 0.6) is 0 Å². The quantitative estimate of drug-likeness (QED) is 0.0790. The van der Waals surface area contributed by atoms with Crippen LogP contribution in [0.3, 0.4) is 0 Å². The number of hydrogen-bond donors (Lipinski definition) is 2. The molecular formula is C64H97NO13Si3. The van der Waals surface area contributed by atoms with Gasteiger partial charge in [-0.25, -0.2) is 9.59 Å². The van der Waals surface area contributed by atoms with Gasteiger partial charge in [-0.05, 0) is 128 Å². The highest BCUT2D eigenvalue weighted by molar-refractivity contribution is 6.74. The molecule has 3 fully saturated rings. The van der Waals surface area contributed by atoms with Gasteiger partial charge in [0.2, 0.25) is 5.91 Å². The average Bonchev–Trinajstić information content (AvgIpc) is 3.32. The summed E-state index contributed by atoms with van der Waals surface area (Å²) < 4.78 is 49.6. The number of Topliss-reactive ketones (excluding diaryl/α,β-unsaturated/α-hetero) is 1. The van der Waals surface area contributed by atoms with Crippen LogP contribution >= 0.6 is 0 Å². The summed E-state index contributed by atoms with van der Waals surface area (Å²) in [4.78, 5) is 76.8. The van der Waals surface area contributed by atoms with Crippen LogP contribution in [0.4, 0.5) is 0 Å². The Kier molecular flexibility index (Phi) is 19.8. The molecule has 17 heteroatoms. The largest absolute Gasteiger partial charge is 0.456 e. The molecule has 448 valence electrons. The van der Waals surface area contributed by atoms with Gasteiger partial charge in [0, 0.05) is 31.6 Å². The zero-order valence-corrected chi connectivity index (χ0v) is 54.7. The molecule has 11 unspecified atom stereocenters. The normalized spacial score (nSPS) is 32.0. The third-order valence-corrected chi connectivity index (χ3v) is 34.4. The number of amides is 1. The molecule has 3 aliphatic carbocycles. The van der Waals surface area contributed by atoms with Gasteiger partial charge in [0.05, 0.1) is 35.6 Å². The molecule has 2 aromatic rings. The Labute approximate surface area is 487 Å². The van der Waals surface area contributed by atoms with Crippen LogP contribution in [0.15, 0.2) is 77.9 Å². The number of carbonyl (C=O) groups excluding carboxylic acids is 5. The minimum absolute atomic E-state index is 0.148. The van der Waals surface area contributed by atoms with Crippen LogP contribution in [0.1, 0.15) is 163 Å². The van der Waals surface area contributed by atoms with Gasteiger partial charge in [0.15, 0.2) is 42.4 Å². The van der Waals surface area contributed by atoms with Crippen molar-refractivity contribution in [3.8, 4) is 0 Å². The van der Waals surface area contributed by atoms with Crippen LogP contribution in [-0.2, 0) is 57.8 Å². The highest BCUT2D eigenvalue weighted by Crippen LogP contribution is 2.66. The molecule has 2 aromatic carbocycles. The van der Waals surface area contributed by atoms with Crippen molar-refractivity contribution in [1.82, 2.24) is 5.32 Å². The van der Waals surface area contributed by atoms with Crippen molar-refractivity contribution in [1.29, 1.82) is 0 Å². The fourth-order valence-corrected chi connectivity index (χ4v) is 20.7. The molecule has 0 aromatic heterocycles. The van der Waals surface area contributed by atoms with Gasteiger partial charge in [0.1, 0.15) is 30.0 Å². The van der Waals surface area contributed by atoms with E-state index in [4.69, 9.17) is 32.2 Å². The molecular weight excluding hydrogens is 1070 g/mol.